The van der Waals surface area contributed by atoms with E-state index < -0.39 is 0 Å². The summed E-state index contributed by atoms with van der Waals surface area (Å²) < 4.78 is 17.1. The molecule has 0 fully saturated rings. The smallest absolute Gasteiger partial charge is 0.200 e. The molecular formula is C25H22O4. The molecule has 0 aliphatic rings. The van der Waals surface area contributed by atoms with E-state index in [9.17, 15) is 4.79 Å². The van der Waals surface area contributed by atoms with Gasteiger partial charge in [-0.3, -0.25) is 4.79 Å². The first-order valence-corrected chi connectivity index (χ1v) is 9.46. The van der Waals surface area contributed by atoms with Crippen molar-refractivity contribution >= 4 is 11.0 Å². The minimum atomic E-state index is -0.0561. The molecule has 1 heterocycles. The minimum absolute atomic E-state index is 0.0561. The molecule has 0 saturated carbocycles. The minimum Gasteiger partial charge on any atom is -0.497 e. The van der Waals surface area contributed by atoms with Gasteiger partial charge >= 0.3 is 0 Å². The van der Waals surface area contributed by atoms with Gasteiger partial charge in [-0.2, -0.15) is 0 Å². The van der Waals surface area contributed by atoms with Gasteiger partial charge in [-0.05, 0) is 54.8 Å². The summed E-state index contributed by atoms with van der Waals surface area (Å²) in [5, 5.41) is 0.532. The number of benzene rings is 3. The van der Waals surface area contributed by atoms with Gasteiger partial charge < -0.3 is 13.9 Å². The maximum atomic E-state index is 13.1. The Labute approximate surface area is 169 Å². The molecule has 0 radical (unpaired) electrons. The van der Waals surface area contributed by atoms with Crippen molar-refractivity contribution in [1.29, 1.82) is 0 Å². The summed E-state index contributed by atoms with van der Waals surface area (Å²) >= 11 is 0. The number of aryl methyl sites for hydroxylation is 2. The van der Waals surface area contributed by atoms with E-state index in [1.807, 2.05) is 48.5 Å². The molecule has 0 saturated heterocycles. The fourth-order valence-electron chi connectivity index (χ4n) is 3.40. The first kappa shape index (κ1) is 18.8. The van der Waals surface area contributed by atoms with Crippen molar-refractivity contribution in [3.63, 3.8) is 0 Å². The molecule has 0 spiro atoms. The summed E-state index contributed by atoms with van der Waals surface area (Å²) in [6.45, 7) is 4.33. The van der Waals surface area contributed by atoms with Crippen LogP contribution < -0.4 is 14.9 Å². The van der Waals surface area contributed by atoms with Crippen molar-refractivity contribution in [3.05, 3.63) is 93.8 Å². The number of hydrogen-bond donors (Lipinski definition) is 0. The summed E-state index contributed by atoms with van der Waals surface area (Å²) in [5.41, 5.74) is 4.14. The lowest BCUT2D eigenvalue weighted by Gasteiger charge is -2.11. The fraction of sp³-hybridized carbons (Fsp3) is 0.160. The van der Waals surface area contributed by atoms with E-state index in [1.165, 1.54) is 5.56 Å². The third-order valence-corrected chi connectivity index (χ3v) is 5.07. The SMILES string of the molecule is COc1ccc(-c2c(C)oc3cc(OCc4ccccc4C)ccc3c2=O)cc1. The Morgan fingerprint density at radius 1 is 0.897 bits per heavy atom. The molecule has 0 atom stereocenters. The zero-order valence-corrected chi connectivity index (χ0v) is 16.7. The second-order valence-electron chi connectivity index (χ2n) is 6.96. The highest BCUT2D eigenvalue weighted by atomic mass is 16.5. The van der Waals surface area contributed by atoms with Crippen LogP contribution in [0.2, 0.25) is 0 Å². The maximum absolute atomic E-state index is 13.1. The van der Waals surface area contributed by atoms with E-state index in [0.29, 0.717) is 34.6 Å². The van der Waals surface area contributed by atoms with Gasteiger partial charge in [0.1, 0.15) is 29.4 Å². The van der Waals surface area contributed by atoms with E-state index in [4.69, 9.17) is 13.9 Å². The van der Waals surface area contributed by atoms with Gasteiger partial charge in [0.15, 0.2) is 0 Å². The number of methoxy groups -OCH3 is 1. The molecule has 0 aliphatic carbocycles. The van der Waals surface area contributed by atoms with Crippen molar-refractivity contribution in [1.82, 2.24) is 0 Å². The molecule has 0 N–H and O–H groups in total. The van der Waals surface area contributed by atoms with Crippen LogP contribution >= 0.6 is 0 Å². The Kier molecular flexibility index (Phi) is 5.09. The standard InChI is InChI=1S/C25H22O4/c1-16-6-4-5-7-19(16)15-28-21-12-13-22-23(14-21)29-17(2)24(25(22)26)18-8-10-20(27-3)11-9-18/h4-14H,15H2,1-3H3. The van der Waals surface area contributed by atoms with Gasteiger partial charge in [0.25, 0.3) is 0 Å². The number of fused-ring (bicyclic) bond motifs is 1. The van der Waals surface area contributed by atoms with Crippen LogP contribution in [-0.4, -0.2) is 7.11 Å². The molecular weight excluding hydrogens is 364 g/mol. The molecule has 3 aromatic carbocycles. The van der Waals surface area contributed by atoms with E-state index in [2.05, 4.69) is 13.0 Å². The summed E-state index contributed by atoms with van der Waals surface area (Å²) in [6.07, 6.45) is 0. The van der Waals surface area contributed by atoms with Crippen molar-refractivity contribution in [2.75, 3.05) is 7.11 Å². The zero-order valence-electron chi connectivity index (χ0n) is 16.7. The van der Waals surface area contributed by atoms with Crippen LogP contribution in [0, 0.1) is 13.8 Å². The summed E-state index contributed by atoms with van der Waals surface area (Å²) in [4.78, 5) is 13.1. The quantitative estimate of drug-likeness (QED) is 0.444. The molecule has 29 heavy (non-hydrogen) atoms. The first-order chi connectivity index (χ1) is 14.1. The van der Waals surface area contributed by atoms with Crippen LogP contribution in [0.5, 0.6) is 11.5 Å². The number of ether oxygens (including phenoxy) is 2. The summed E-state index contributed by atoms with van der Waals surface area (Å²) in [7, 11) is 1.61. The lowest BCUT2D eigenvalue weighted by atomic mass is 10.0. The second kappa shape index (κ2) is 7.84. The van der Waals surface area contributed by atoms with Crippen molar-refractivity contribution < 1.29 is 13.9 Å². The maximum Gasteiger partial charge on any atom is 0.200 e. The molecule has 4 heteroatoms. The first-order valence-electron chi connectivity index (χ1n) is 9.46. The lowest BCUT2D eigenvalue weighted by molar-refractivity contribution is 0.305. The Morgan fingerprint density at radius 3 is 2.34 bits per heavy atom. The molecule has 4 nitrogen and oxygen atoms in total. The average Bonchev–Trinajstić information content (AvgIpc) is 2.73. The Balaban J connectivity index is 1.68. The summed E-state index contributed by atoms with van der Waals surface area (Å²) in [5.74, 6) is 1.98. The predicted molar refractivity (Wildman–Crippen MR) is 115 cm³/mol. The van der Waals surface area contributed by atoms with Crippen molar-refractivity contribution in [2.24, 2.45) is 0 Å². The summed E-state index contributed by atoms with van der Waals surface area (Å²) in [6, 6.07) is 20.9. The van der Waals surface area contributed by atoms with Gasteiger partial charge in [-0.1, -0.05) is 36.4 Å². The highest BCUT2D eigenvalue weighted by molar-refractivity contribution is 5.83. The highest BCUT2D eigenvalue weighted by Crippen LogP contribution is 2.28. The van der Waals surface area contributed by atoms with E-state index >= 15 is 0 Å². The van der Waals surface area contributed by atoms with Crippen LogP contribution in [-0.2, 0) is 6.61 Å². The molecule has 4 aromatic rings. The molecule has 0 amide bonds. The van der Waals surface area contributed by atoms with E-state index in [1.54, 1.807) is 26.2 Å². The van der Waals surface area contributed by atoms with Crippen LogP contribution in [0.4, 0.5) is 0 Å². The molecule has 0 unspecified atom stereocenters. The monoisotopic (exact) mass is 386 g/mol. The fourth-order valence-corrected chi connectivity index (χ4v) is 3.40. The average molecular weight is 386 g/mol. The van der Waals surface area contributed by atoms with Crippen LogP contribution in [0.15, 0.2) is 75.9 Å². The van der Waals surface area contributed by atoms with Crippen LogP contribution in [0.25, 0.3) is 22.1 Å². The lowest BCUT2D eigenvalue weighted by Crippen LogP contribution is -2.07. The van der Waals surface area contributed by atoms with E-state index in [-0.39, 0.29) is 5.43 Å². The Morgan fingerprint density at radius 2 is 1.62 bits per heavy atom. The van der Waals surface area contributed by atoms with Gasteiger partial charge in [-0.15, -0.1) is 0 Å². The Bertz CT molecular complexity index is 1220. The third kappa shape index (κ3) is 3.74. The predicted octanol–water partition coefficient (Wildman–Crippen LogP) is 5.66. The van der Waals surface area contributed by atoms with Crippen molar-refractivity contribution in [2.45, 2.75) is 20.5 Å². The molecule has 1 aromatic heterocycles. The normalized spacial score (nSPS) is 10.9. The molecule has 146 valence electrons. The topological polar surface area (TPSA) is 48.7 Å². The van der Waals surface area contributed by atoms with Gasteiger partial charge in [0, 0.05) is 6.07 Å². The molecule has 0 bridgehead atoms. The van der Waals surface area contributed by atoms with Gasteiger partial charge in [-0.25, -0.2) is 0 Å². The van der Waals surface area contributed by atoms with E-state index in [0.717, 1.165) is 16.9 Å². The Hall–Kier alpha value is -3.53. The second-order valence-corrected chi connectivity index (χ2v) is 6.96. The third-order valence-electron chi connectivity index (χ3n) is 5.07. The highest BCUT2D eigenvalue weighted by Gasteiger charge is 2.14. The van der Waals surface area contributed by atoms with Crippen LogP contribution in [0.3, 0.4) is 0 Å². The largest absolute Gasteiger partial charge is 0.497 e. The number of hydrogen-bond acceptors (Lipinski definition) is 4. The van der Waals surface area contributed by atoms with Crippen LogP contribution in [0.1, 0.15) is 16.9 Å². The van der Waals surface area contributed by atoms with Crippen molar-refractivity contribution in [3.8, 4) is 22.6 Å². The van der Waals surface area contributed by atoms with Gasteiger partial charge in [0.05, 0.1) is 18.1 Å². The van der Waals surface area contributed by atoms with Gasteiger partial charge in [0.2, 0.25) is 5.43 Å². The zero-order chi connectivity index (χ0) is 20.4. The molecule has 4 rings (SSSR count). The number of rotatable bonds is 5. The molecule has 0 aliphatic heterocycles.